The second kappa shape index (κ2) is 5.31. The molecular weight excluding hydrogens is 344 g/mol. The first-order chi connectivity index (χ1) is 8.08. The molecule has 1 aliphatic heterocycles. The van der Waals surface area contributed by atoms with Crippen molar-refractivity contribution in [2.24, 2.45) is 5.41 Å². The monoisotopic (exact) mass is 360 g/mol. The molecule has 0 spiro atoms. The van der Waals surface area contributed by atoms with Gasteiger partial charge in [-0.2, -0.15) is 0 Å². The normalized spacial score (nSPS) is 17.4. The van der Waals surface area contributed by atoms with Crippen molar-refractivity contribution in [2.75, 3.05) is 11.9 Å². The first-order valence-corrected chi connectivity index (χ1v) is 7.99. The van der Waals surface area contributed by atoms with Crippen molar-refractivity contribution in [1.29, 1.82) is 0 Å². The Morgan fingerprint density at radius 1 is 1.41 bits per heavy atom. The number of rotatable bonds is 4. The number of alkyl halides is 1. The summed E-state index contributed by atoms with van der Waals surface area (Å²) in [6.07, 6.45) is 3.27. The predicted octanol–water partition coefficient (Wildman–Crippen LogP) is 4.74. The Bertz CT molecular complexity index is 411. The van der Waals surface area contributed by atoms with Crippen LogP contribution in [0.25, 0.3) is 0 Å². The summed E-state index contributed by atoms with van der Waals surface area (Å²) >= 11 is 7.24. The van der Waals surface area contributed by atoms with Gasteiger partial charge in [-0.15, -0.1) is 0 Å². The molecule has 0 saturated carbocycles. The fourth-order valence-electron chi connectivity index (χ4n) is 2.20. The van der Waals surface area contributed by atoms with E-state index in [2.05, 4.69) is 57.8 Å². The summed E-state index contributed by atoms with van der Waals surface area (Å²) in [6, 6.07) is 4.39. The van der Waals surface area contributed by atoms with Crippen LogP contribution < -0.4 is 4.74 Å². The maximum atomic E-state index is 5.78. The van der Waals surface area contributed by atoms with E-state index in [0.717, 1.165) is 30.5 Å². The lowest BCUT2D eigenvalue weighted by atomic mass is 9.82. The molecule has 0 radical (unpaired) electrons. The van der Waals surface area contributed by atoms with Gasteiger partial charge in [0.1, 0.15) is 5.75 Å². The SMILES string of the molecule is CCC(C)(CBr)Cc1cc(Br)cc2c1OCC2. The smallest absolute Gasteiger partial charge is 0.125 e. The van der Waals surface area contributed by atoms with Gasteiger partial charge in [0, 0.05) is 16.2 Å². The summed E-state index contributed by atoms with van der Waals surface area (Å²) < 4.78 is 6.95. The van der Waals surface area contributed by atoms with Gasteiger partial charge in [0.2, 0.25) is 0 Å². The van der Waals surface area contributed by atoms with Gasteiger partial charge in [0.25, 0.3) is 0 Å². The fraction of sp³-hybridized carbons (Fsp3) is 0.571. The van der Waals surface area contributed by atoms with E-state index in [0.29, 0.717) is 5.41 Å². The van der Waals surface area contributed by atoms with Crippen LogP contribution in [0.2, 0.25) is 0 Å². The highest BCUT2D eigenvalue weighted by Crippen LogP contribution is 2.38. The van der Waals surface area contributed by atoms with Crippen LogP contribution in [0.5, 0.6) is 5.75 Å². The Labute approximate surface area is 120 Å². The molecule has 0 fully saturated rings. The molecule has 0 aliphatic carbocycles. The van der Waals surface area contributed by atoms with Crippen molar-refractivity contribution in [2.45, 2.75) is 33.1 Å². The van der Waals surface area contributed by atoms with Gasteiger partial charge in [0.15, 0.2) is 0 Å². The first-order valence-electron chi connectivity index (χ1n) is 6.08. The Hall–Kier alpha value is -0.0200. The summed E-state index contributed by atoms with van der Waals surface area (Å²) in [6.45, 7) is 5.40. The van der Waals surface area contributed by atoms with Crippen molar-refractivity contribution >= 4 is 31.9 Å². The minimum Gasteiger partial charge on any atom is -0.493 e. The number of hydrogen-bond donors (Lipinski definition) is 0. The maximum absolute atomic E-state index is 5.78. The van der Waals surface area contributed by atoms with Gasteiger partial charge in [-0.1, -0.05) is 45.7 Å². The first kappa shape index (κ1) is 13.4. The molecule has 1 heterocycles. The molecule has 0 amide bonds. The van der Waals surface area contributed by atoms with Crippen molar-refractivity contribution < 1.29 is 4.74 Å². The molecule has 3 heteroatoms. The van der Waals surface area contributed by atoms with Crippen molar-refractivity contribution in [3.8, 4) is 5.75 Å². The molecule has 1 aliphatic rings. The van der Waals surface area contributed by atoms with Gasteiger partial charge in [-0.05, 0) is 41.5 Å². The second-order valence-electron chi connectivity index (χ2n) is 5.13. The molecular formula is C14H18Br2O. The molecule has 0 bridgehead atoms. The molecule has 1 aromatic rings. The molecule has 1 aromatic carbocycles. The Morgan fingerprint density at radius 2 is 2.18 bits per heavy atom. The van der Waals surface area contributed by atoms with Crippen LogP contribution in [-0.2, 0) is 12.8 Å². The Morgan fingerprint density at radius 3 is 2.82 bits per heavy atom. The number of ether oxygens (including phenoxy) is 1. The minimum absolute atomic E-state index is 0.306. The van der Waals surface area contributed by atoms with E-state index in [1.165, 1.54) is 22.0 Å². The summed E-state index contributed by atoms with van der Waals surface area (Å²) in [5.74, 6) is 1.13. The largest absolute Gasteiger partial charge is 0.493 e. The number of benzene rings is 1. The quantitative estimate of drug-likeness (QED) is 0.704. The second-order valence-corrected chi connectivity index (χ2v) is 6.60. The van der Waals surface area contributed by atoms with Gasteiger partial charge >= 0.3 is 0 Å². The molecule has 1 nitrogen and oxygen atoms in total. The van der Waals surface area contributed by atoms with Gasteiger partial charge in [-0.3, -0.25) is 0 Å². The molecule has 1 atom stereocenters. The van der Waals surface area contributed by atoms with E-state index < -0.39 is 0 Å². The van der Waals surface area contributed by atoms with Gasteiger partial charge in [-0.25, -0.2) is 0 Å². The molecule has 0 aromatic heterocycles. The van der Waals surface area contributed by atoms with Crippen LogP contribution in [0.4, 0.5) is 0 Å². The van der Waals surface area contributed by atoms with Crippen molar-refractivity contribution in [1.82, 2.24) is 0 Å². The summed E-state index contributed by atoms with van der Waals surface area (Å²) in [7, 11) is 0. The zero-order chi connectivity index (χ0) is 12.5. The van der Waals surface area contributed by atoms with Crippen LogP contribution in [0.1, 0.15) is 31.4 Å². The topological polar surface area (TPSA) is 9.23 Å². The van der Waals surface area contributed by atoms with E-state index >= 15 is 0 Å². The fourth-order valence-corrected chi connectivity index (χ4v) is 3.35. The van der Waals surface area contributed by atoms with Crippen LogP contribution in [0.15, 0.2) is 16.6 Å². The maximum Gasteiger partial charge on any atom is 0.125 e. The lowest BCUT2D eigenvalue weighted by Crippen LogP contribution is -2.20. The van der Waals surface area contributed by atoms with Crippen LogP contribution in [0.3, 0.4) is 0 Å². The molecule has 0 saturated heterocycles. The number of fused-ring (bicyclic) bond motifs is 1. The number of hydrogen-bond acceptors (Lipinski definition) is 1. The van der Waals surface area contributed by atoms with Gasteiger partial charge in [0.05, 0.1) is 6.61 Å². The lowest BCUT2D eigenvalue weighted by molar-refractivity contribution is 0.331. The highest BCUT2D eigenvalue weighted by Gasteiger charge is 2.25. The van der Waals surface area contributed by atoms with Crippen LogP contribution >= 0.6 is 31.9 Å². The summed E-state index contributed by atoms with van der Waals surface area (Å²) in [5, 5.41) is 1.03. The van der Waals surface area contributed by atoms with Crippen LogP contribution in [-0.4, -0.2) is 11.9 Å². The third kappa shape index (κ3) is 2.87. The Balaban J connectivity index is 2.33. The van der Waals surface area contributed by atoms with E-state index in [4.69, 9.17) is 4.74 Å². The molecule has 2 rings (SSSR count). The lowest BCUT2D eigenvalue weighted by Gasteiger charge is -2.26. The molecule has 1 unspecified atom stereocenters. The van der Waals surface area contributed by atoms with Crippen LogP contribution in [0, 0.1) is 5.41 Å². The standard InChI is InChI=1S/C14H18Br2O/c1-3-14(2,9-15)8-11-7-12(16)6-10-4-5-17-13(10)11/h6-7H,3-5,8-9H2,1-2H3. The van der Waals surface area contributed by atoms with Crippen molar-refractivity contribution in [3.63, 3.8) is 0 Å². The zero-order valence-electron chi connectivity index (χ0n) is 10.4. The minimum atomic E-state index is 0.306. The Kier molecular flexibility index (Phi) is 4.19. The molecule has 17 heavy (non-hydrogen) atoms. The highest BCUT2D eigenvalue weighted by molar-refractivity contribution is 9.10. The third-order valence-electron chi connectivity index (χ3n) is 3.62. The van der Waals surface area contributed by atoms with E-state index in [9.17, 15) is 0 Å². The zero-order valence-corrected chi connectivity index (χ0v) is 13.5. The summed E-state index contributed by atoms with van der Waals surface area (Å²) in [4.78, 5) is 0. The molecule has 94 valence electrons. The van der Waals surface area contributed by atoms with E-state index in [1.54, 1.807) is 0 Å². The van der Waals surface area contributed by atoms with E-state index in [1.807, 2.05) is 0 Å². The highest BCUT2D eigenvalue weighted by atomic mass is 79.9. The predicted molar refractivity (Wildman–Crippen MR) is 79.2 cm³/mol. The number of halogens is 2. The third-order valence-corrected chi connectivity index (χ3v) is 5.43. The molecule has 0 N–H and O–H groups in total. The van der Waals surface area contributed by atoms with Crippen molar-refractivity contribution in [3.05, 3.63) is 27.7 Å². The summed E-state index contributed by atoms with van der Waals surface area (Å²) in [5.41, 5.74) is 3.00. The average Bonchev–Trinajstić information content (AvgIpc) is 2.77. The average molecular weight is 362 g/mol. The van der Waals surface area contributed by atoms with Gasteiger partial charge < -0.3 is 4.74 Å². The van der Waals surface area contributed by atoms with E-state index in [-0.39, 0.29) is 0 Å².